The molecular weight excluding hydrogens is 619 g/mol. The van der Waals surface area contributed by atoms with Gasteiger partial charge < -0.3 is 20.1 Å². The number of aromatic nitrogens is 2. The molecule has 13 heteroatoms. The average molecular weight is 641 g/mol. The maximum atomic E-state index is 14.2. The molecule has 2 heterocycles. The van der Waals surface area contributed by atoms with Crippen LogP contribution in [0, 0.1) is 11.6 Å². The lowest BCUT2D eigenvalue weighted by Crippen LogP contribution is -2.35. The molecule has 7 nitrogen and oxygen atoms in total. The largest absolute Gasteiger partial charge is 0.457 e. The van der Waals surface area contributed by atoms with Gasteiger partial charge in [0.1, 0.15) is 45.5 Å². The molecule has 0 saturated heterocycles. The summed E-state index contributed by atoms with van der Waals surface area (Å²) in [6, 6.07) is 20.5. The summed E-state index contributed by atoms with van der Waals surface area (Å²) >= 11 is 6.49. The van der Waals surface area contributed by atoms with Crippen molar-refractivity contribution in [3.63, 3.8) is 0 Å². The van der Waals surface area contributed by atoms with Crippen LogP contribution in [0.15, 0.2) is 97.1 Å². The van der Waals surface area contributed by atoms with Gasteiger partial charge in [0.15, 0.2) is 11.7 Å². The van der Waals surface area contributed by atoms with Crippen molar-refractivity contribution < 1.29 is 36.2 Å². The molecule has 230 valence electrons. The van der Waals surface area contributed by atoms with Crippen molar-refractivity contribution in [1.29, 1.82) is 0 Å². The molecular formula is C32H22ClF5N4O3. The lowest BCUT2D eigenvalue weighted by atomic mass is 9.97. The summed E-state index contributed by atoms with van der Waals surface area (Å²) < 4.78 is 81.7. The minimum Gasteiger partial charge on any atom is -0.457 e. The Balaban J connectivity index is 1.31. The molecule has 0 bridgehead atoms. The fraction of sp³-hybridized carbons (Fsp3) is 0.125. The van der Waals surface area contributed by atoms with E-state index in [9.17, 15) is 26.7 Å². The zero-order chi connectivity index (χ0) is 31.7. The second kappa shape index (κ2) is 12.1. The van der Waals surface area contributed by atoms with Gasteiger partial charge in [-0.3, -0.25) is 4.79 Å². The Morgan fingerprint density at radius 2 is 1.40 bits per heavy atom. The normalized spacial score (nSPS) is 16.0. The van der Waals surface area contributed by atoms with Crippen LogP contribution in [0.3, 0.4) is 0 Å². The van der Waals surface area contributed by atoms with Crippen LogP contribution in [0.4, 0.5) is 33.5 Å². The summed E-state index contributed by atoms with van der Waals surface area (Å²) in [5, 5.41) is 9.27. The van der Waals surface area contributed by atoms with Gasteiger partial charge in [-0.05, 0) is 54.1 Å². The third-order valence-corrected chi connectivity index (χ3v) is 7.31. The van der Waals surface area contributed by atoms with E-state index in [1.54, 1.807) is 30.3 Å². The van der Waals surface area contributed by atoms with Crippen LogP contribution in [0.2, 0.25) is 5.02 Å². The molecule has 6 rings (SSSR count). The van der Waals surface area contributed by atoms with Crippen molar-refractivity contribution in [1.82, 2.24) is 9.78 Å². The summed E-state index contributed by atoms with van der Waals surface area (Å²) in [4.78, 5) is 13.4. The van der Waals surface area contributed by atoms with E-state index >= 15 is 0 Å². The van der Waals surface area contributed by atoms with E-state index in [1.807, 2.05) is 0 Å². The molecule has 4 aromatic carbocycles. The number of halogens is 6. The summed E-state index contributed by atoms with van der Waals surface area (Å²) in [6.07, 6.45) is -5.04. The van der Waals surface area contributed by atoms with Crippen LogP contribution < -0.4 is 20.1 Å². The van der Waals surface area contributed by atoms with Crippen molar-refractivity contribution in [3.05, 3.63) is 125 Å². The van der Waals surface area contributed by atoms with Gasteiger partial charge in [0, 0.05) is 30.3 Å². The fourth-order valence-electron chi connectivity index (χ4n) is 4.87. The third-order valence-electron chi connectivity index (χ3n) is 6.95. The Morgan fingerprint density at radius 3 is 1.93 bits per heavy atom. The molecule has 1 amide bonds. The molecule has 1 aliphatic heterocycles. The number of benzene rings is 4. The highest BCUT2D eigenvalue weighted by atomic mass is 35.5. The van der Waals surface area contributed by atoms with Gasteiger partial charge in [-0.15, -0.1) is 0 Å². The van der Waals surface area contributed by atoms with E-state index in [-0.39, 0.29) is 45.9 Å². The lowest BCUT2D eigenvalue weighted by Gasteiger charge is -2.33. The van der Waals surface area contributed by atoms with Crippen LogP contribution in [-0.2, 0) is 0 Å². The summed E-state index contributed by atoms with van der Waals surface area (Å²) in [7, 11) is 0. The summed E-state index contributed by atoms with van der Waals surface area (Å²) in [5.41, 5.74) is 0.294. The summed E-state index contributed by atoms with van der Waals surface area (Å²) in [6.45, 7) is 0. The third kappa shape index (κ3) is 6.70. The van der Waals surface area contributed by atoms with Gasteiger partial charge in [0.2, 0.25) is 0 Å². The molecule has 0 fully saturated rings. The number of anilines is 2. The topological polar surface area (TPSA) is 77.4 Å². The molecule has 2 N–H and O–H groups in total. The highest BCUT2D eigenvalue weighted by Gasteiger charge is 2.47. The van der Waals surface area contributed by atoms with Gasteiger partial charge >= 0.3 is 6.18 Å². The van der Waals surface area contributed by atoms with Crippen molar-refractivity contribution in [2.45, 2.75) is 24.7 Å². The second-order valence-electron chi connectivity index (χ2n) is 10.1. The van der Waals surface area contributed by atoms with Crippen molar-refractivity contribution >= 4 is 29.0 Å². The van der Waals surface area contributed by atoms with E-state index in [4.69, 9.17) is 21.1 Å². The SMILES string of the molecule is O=C(Nc1cc(Oc2ccc(F)cc2)cc(Oc2ccc(F)cc2)c1)c1nn2c(c1Cl)N[C@@H](c1ccccc1)C[C@H]2C(F)(F)F. The van der Waals surface area contributed by atoms with Crippen LogP contribution in [0.25, 0.3) is 0 Å². The van der Waals surface area contributed by atoms with Crippen molar-refractivity contribution in [2.75, 3.05) is 10.6 Å². The number of carbonyl (C=O) groups excluding carboxylic acids is 1. The number of hydrogen-bond donors (Lipinski definition) is 2. The number of hydrogen-bond acceptors (Lipinski definition) is 5. The number of nitrogens with one attached hydrogen (secondary N) is 2. The first kappa shape index (κ1) is 29.9. The highest BCUT2D eigenvalue weighted by Crippen LogP contribution is 2.46. The first-order valence-corrected chi connectivity index (χ1v) is 13.9. The summed E-state index contributed by atoms with van der Waals surface area (Å²) in [5.74, 6) is -1.11. The van der Waals surface area contributed by atoms with Crippen molar-refractivity contribution in [2.24, 2.45) is 0 Å². The van der Waals surface area contributed by atoms with Gasteiger partial charge in [0.05, 0.1) is 6.04 Å². The molecule has 45 heavy (non-hydrogen) atoms. The number of fused-ring (bicyclic) bond motifs is 1. The van der Waals surface area contributed by atoms with Gasteiger partial charge in [-0.1, -0.05) is 41.9 Å². The Labute approximate surface area is 258 Å². The maximum absolute atomic E-state index is 14.2. The quantitative estimate of drug-likeness (QED) is 0.173. The monoisotopic (exact) mass is 640 g/mol. The number of nitrogens with zero attached hydrogens (tertiary/aromatic N) is 2. The number of alkyl halides is 3. The van der Waals surface area contributed by atoms with E-state index in [2.05, 4.69) is 15.7 Å². The second-order valence-corrected chi connectivity index (χ2v) is 10.5. The Bertz CT molecular complexity index is 1770. The molecule has 0 unspecified atom stereocenters. The zero-order valence-corrected chi connectivity index (χ0v) is 23.7. The minimum absolute atomic E-state index is 0.112. The maximum Gasteiger partial charge on any atom is 0.410 e. The first-order chi connectivity index (χ1) is 21.5. The minimum atomic E-state index is -4.68. The molecule has 1 aromatic heterocycles. The Hall–Kier alpha value is -5.10. The van der Waals surface area contributed by atoms with Crippen LogP contribution in [0.5, 0.6) is 23.0 Å². The number of carbonyl (C=O) groups is 1. The Morgan fingerprint density at radius 1 is 0.844 bits per heavy atom. The molecule has 0 saturated carbocycles. The molecule has 1 aliphatic rings. The molecule has 0 spiro atoms. The predicted octanol–water partition coefficient (Wildman–Crippen LogP) is 9.31. The van der Waals surface area contributed by atoms with Crippen LogP contribution >= 0.6 is 11.6 Å². The number of amides is 1. The van der Waals surface area contributed by atoms with E-state index in [1.165, 1.54) is 66.7 Å². The van der Waals surface area contributed by atoms with Gasteiger partial charge in [-0.25, -0.2) is 13.5 Å². The fourth-order valence-corrected chi connectivity index (χ4v) is 5.13. The van der Waals surface area contributed by atoms with Crippen LogP contribution in [0.1, 0.15) is 34.6 Å². The molecule has 0 radical (unpaired) electrons. The zero-order valence-electron chi connectivity index (χ0n) is 23.0. The van der Waals surface area contributed by atoms with E-state index < -0.39 is 41.5 Å². The molecule has 0 aliphatic carbocycles. The smallest absolute Gasteiger partial charge is 0.410 e. The van der Waals surface area contributed by atoms with Gasteiger partial charge in [-0.2, -0.15) is 18.3 Å². The van der Waals surface area contributed by atoms with Crippen molar-refractivity contribution in [3.8, 4) is 23.0 Å². The van der Waals surface area contributed by atoms with E-state index in [0.717, 1.165) is 0 Å². The number of ether oxygens (including phenoxy) is 2. The molecule has 5 aromatic rings. The van der Waals surface area contributed by atoms with E-state index in [0.29, 0.717) is 10.2 Å². The number of rotatable bonds is 7. The molecule has 2 atom stereocenters. The average Bonchev–Trinajstić information content (AvgIpc) is 3.35. The van der Waals surface area contributed by atoms with Crippen LogP contribution in [-0.4, -0.2) is 21.9 Å². The lowest BCUT2D eigenvalue weighted by molar-refractivity contribution is -0.173. The first-order valence-electron chi connectivity index (χ1n) is 13.5. The standard InChI is InChI=1S/C32H22ClF5N4O3/c33-28-29(41-42-27(32(36,37)38)17-26(40-30(28)42)18-4-2-1-3-5-18)31(43)39-21-14-24(44-22-10-6-19(34)7-11-22)16-25(15-21)45-23-12-8-20(35)9-13-23/h1-16,26-27,40H,17H2,(H,39,43)/t26-,27+/m1/s1. The predicted molar refractivity (Wildman–Crippen MR) is 157 cm³/mol. The highest BCUT2D eigenvalue weighted by molar-refractivity contribution is 6.36. The van der Waals surface area contributed by atoms with Gasteiger partial charge in [0.25, 0.3) is 5.91 Å². The Kier molecular flexibility index (Phi) is 8.07.